The van der Waals surface area contributed by atoms with Crippen LogP contribution in [0.5, 0.6) is 11.5 Å². The summed E-state index contributed by atoms with van der Waals surface area (Å²) in [6, 6.07) is 20.8. The van der Waals surface area contributed by atoms with Gasteiger partial charge < -0.3 is 10.1 Å². The number of rotatable bonds is 8. The van der Waals surface area contributed by atoms with Crippen LogP contribution in [0.2, 0.25) is 5.02 Å². The average Bonchev–Trinajstić information content (AvgIpc) is 2.88. The molecule has 0 saturated carbocycles. The number of nitrogens with one attached hydrogen (secondary N) is 1. The van der Waals surface area contributed by atoms with Gasteiger partial charge in [-0.1, -0.05) is 29.8 Å². The molecule has 4 aromatic rings. The number of hydrogen-bond donors (Lipinski definition) is 2. The van der Waals surface area contributed by atoms with Crippen molar-refractivity contribution in [3.05, 3.63) is 104 Å². The number of benzene rings is 3. The fourth-order valence-electron chi connectivity index (χ4n) is 3.56. The standard InChI is InChI=1S/C26H25ClN6O4/c1-3-31-25(35)30-24(32(26(31)36)16-18-7-9-19(27)10-8-18)29-20-11-13-22(14-12-20)37-23-6-4-5-21(15-23)33(28)17(2)34/h4-15H,3,16,28H2,1-2H3,(H,29,30,35). The molecule has 1 amide bonds. The summed E-state index contributed by atoms with van der Waals surface area (Å²) in [5.74, 6) is 6.60. The summed E-state index contributed by atoms with van der Waals surface area (Å²) < 4.78 is 8.35. The van der Waals surface area contributed by atoms with Crippen LogP contribution in [0.25, 0.3) is 0 Å². The van der Waals surface area contributed by atoms with Crippen LogP contribution in [-0.4, -0.2) is 20.0 Å². The zero-order chi connectivity index (χ0) is 26.5. The molecule has 0 unspecified atom stereocenters. The highest BCUT2D eigenvalue weighted by atomic mass is 35.5. The molecular weight excluding hydrogens is 496 g/mol. The molecule has 0 aliphatic rings. The van der Waals surface area contributed by atoms with Gasteiger partial charge in [-0.15, -0.1) is 0 Å². The van der Waals surface area contributed by atoms with Crippen LogP contribution in [0, 0.1) is 0 Å². The van der Waals surface area contributed by atoms with E-state index in [1.54, 1.807) is 79.7 Å². The number of amides is 1. The van der Waals surface area contributed by atoms with Crippen molar-refractivity contribution in [3.63, 3.8) is 0 Å². The second kappa shape index (κ2) is 11.1. The third kappa shape index (κ3) is 6.05. The first-order valence-corrected chi connectivity index (χ1v) is 11.8. The maximum absolute atomic E-state index is 13.0. The fraction of sp³-hybridized carbons (Fsp3) is 0.154. The number of ether oxygens (including phenoxy) is 1. The summed E-state index contributed by atoms with van der Waals surface area (Å²) in [4.78, 5) is 41.1. The van der Waals surface area contributed by atoms with Crippen LogP contribution in [0.4, 0.5) is 17.3 Å². The first kappa shape index (κ1) is 25.7. The van der Waals surface area contributed by atoms with Crippen molar-refractivity contribution in [1.82, 2.24) is 14.1 Å². The Morgan fingerprint density at radius 1 is 1.03 bits per heavy atom. The molecule has 11 heteroatoms. The lowest BCUT2D eigenvalue weighted by Crippen LogP contribution is -2.42. The first-order valence-electron chi connectivity index (χ1n) is 11.4. The molecule has 3 N–H and O–H groups in total. The van der Waals surface area contributed by atoms with Gasteiger partial charge in [0, 0.05) is 30.2 Å². The number of halogens is 1. The average molecular weight is 521 g/mol. The van der Waals surface area contributed by atoms with E-state index in [0.717, 1.165) is 15.1 Å². The van der Waals surface area contributed by atoms with Gasteiger partial charge in [0.05, 0.1) is 12.2 Å². The largest absolute Gasteiger partial charge is 0.457 e. The molecular formula is C26H25ClN6O4. The molecule has 1 aromatic heterocycles. The predicted molar refractivity (Wildman–Crippen MR) is 143 cm³/mol. The summed E-state index contributed by atoms with van der Waals surface area (Å²) in [5.41, 5.74) is 0.802. The molecule has 4 rings (SSSR count). The van der Waals surface area contributed by atoms with Gasteiger partial charge in [0.25, 0.3) is 0 Å². The van der Waals surface area contributed by atoms with E-state index in [9.17, 15) is 14.4 Å². The van der Waals surface area contributed by atoms with Gasteiger partial charge in [-0.25, -0.2) is 25.0 Å². The van der Waals surface area contributed by atoms with Crippen molar-refractivity contribution >= 4 is 34.8 Å². The lowest BCUT2D eigenvalue weighted by Gasteiger charge is -2.16. The number of nitrogens with zero attached hydrogens (tertiary/aromatic N) is 4. The van der Waals surface area contributed by atoms with E-state index in [1.165, 1.54) is 11.5 Å². The molecule has 0 saturated heterocycles. The van der Waals surface area contributed by atoms with E-state index in [1.807, 2.05) is 0 Å². The molecule has 0 aliphatic carbocycles. The van der Waals surface area contributed by atoms with E-state index in [0.29, 0.717) is 27.9 Å². The molecule has 0 spiro atoms. The Morgan fingerprint density at radius 2 is 1.73 bits per heavy atom. The molecule has 0 atom stereocenters. The Labute approximate surface area is 217 Å². The minimum atomic E-state index is -0.637. The van der Waals surface area contributed by atoms with Gasteiger partial charge in [-0.3, -0.25) is 9.36 Å². The minimum Gasteiger partial charge on any atom is -0.457 e. The summed E-state index contributed by atoms with van der Waals surface area (Å²) in [7, 11) is 0. The molecule has 0 bridgehead atoms. The van der Waals surface area contributed by atoms with Crippen molar-refractivity contribution in [2.24, 2.45) is 5.84 Å². The van der Waals surface area contributed by atoms with E-state index in [2.05, 4.69) is 10.3 Å². The van der Waals surface area contributed by atoms with Crippen molar-refractivity contribution in [2.45, 2.75) is 26.9 Å². The van der Waals surface area contributed by atoms with Gasteiger partial charge in [0.15, 0.2) is 0 Å². The smallest absolute Gasteiger partial charge is 0.354 e. The summed E-state index contributed by atoms with van der Waals surface area (Å²) >= 11 is 5.98. The predicted octanol–water partition coefficient (Wildman–Crippen LogP) is 3.89. The number of carbonyl (C=O) groups is 1. The highest BCUT2D eigenvalue weighted by Crippen LogP contribution is 2.27. The second-order valence-electron chi connectivity index (χ2n) is 8.10. The molecule has 190 valence electrons. The van der Waals surface area contributed by atoms with E-state index >= 15 is 0 Å². The zero-order valence-electron chi connectivity index (χ0n) is 20.2. The van der Waals surface area contributed by atoms with Gasteiger partial charge >= 0.3 is 11.4 Å². The first-order chi connectivity index (χ1) is 17.7. The van der Waals surface area contributed by atoms with Crippen LogP contribution < -0.4 is 32.3 Å². The van der Waals surface area contributed by atoms with Crippen LogP contribution in [-0.2, 0) is 17.9 Å². The molecule has 10 nitrogen and oxygen atoms in total. The summed E-state index contributed by atoms with van der Waals surface area (Å²) in [6.07, 6.45) is 0. The minimum absolute atomic E-state index is 0.114. The number of nitrogens with two attached hydrogens (primary N) is 1. The number of anilines is 3. The van der Waals surface area contributed by atoms with Crippen molar-refractivity contribution in [3.8, 4) is 11.5 Å². The van der Waals surface area contributed by atoms with Crippen molar-refractivity contribution in [2.75, 3.05) is 10.3 Å². The van der Waals surface area contributed by atoms with Crippen molar-refractivity contribution in [1.29, 1.82) is 0 Å². The molecule has 0 fully saturated rings. The number of hydrogen-bond acceptors (Lipinski definition) is 7. The van der Waals surface area contributed by atoms with Gasteiger partial charge in [0.1, 0.15) is 11.5 Å². The van der Waals surface area contributed by atoms with Crippen LogP contribution in [0.15, 0.2) is 82.4 Å². The maximum atomic E-state index is 13.0. The summed E-state index contributed by atoms with van der Waals surface area (Å²) in [5, 5.41) is 4.67. The topological polar surface area (TPSA) is 124 Å². The Morgan fingerprint density at radius 3 is 2.38 bits per heavy atom. The highest BCUT2D eigenvalue weighted by Gasteiger charge is 2.14. The monoisotopic (exact) mass is 520 g/mol. The van der Waals surface area contributed by atoms with Gasteiger partial charge in [0.2, 0.25) is 11.9 Å². The Kier molecular flexibility index (Phi) is 7.71. The zero-order valence-corrected chi connectivity index (χ0v) is 21.0. The van der Waals surface area contributed by atoms with Gasteiger partial charge in [-0.05, 0) is 61.0 Å². The number of aromatic nitrogens is 3. The highest BCUT2D eigenvalue weighted by molar-refractivity contribution is 6.30. The van der Waals surface area contributed by atoms with Gasteiger partial charge in [-0.2, -0.15) is 4.98 Å². The molecule has 0 radical (unpaired) electrons. The third-order valence-corrected chi connectivity index (χ3v) is 5.75. The quantitative estimate of drug-likeness (QED) is 0.205. The van der Waals surface area contributed by atoms with E-state index < -0.39 is 11.4 Å². The Balaban J connectivity index is 1.57. The SMILES string of the molecule is CCn1c(=O)nc(Nc2ccc(Oc3cccc(N(N)C(C)=O)c3)cc2)n(Cc2ccc(Cl)cc2)c1=O. The van der Waals surface area contributed by atoms with Crippen molar-refractivity contribution < 1.29 is 9.53 Å². The Bertz CT molecular complexity index is 1530. The second-order valence-corrected chi connectivity index (χ2v) is 8.53. The molecule has 0 aliphatic heterocycles. The van der Waals surface area contributed by atoms with Crippen LogP contribution >= 0.6 is 11.6 Å². The fourth-order valence-corrected chi connectivity index (χ4v) is 3.69. The molecule has 3 aromatic carbocycles. The molecule has 37 heavy (non-hydrogen) atoms. The molecule has 1 heterocycles. The van der Waals surface area contributed by atoms with E-state index in [-0.39, 0.29) is 24.9 Å². The lowest BCUT2D eigenvalue weighted by molar-refractivity contribution is -0.116. The normalized spacial score (nSPS) is 10.7. The van der Waals surface area contributed by atoms with Crippen LogP contribution in [0.1, 0.15) is 19.4 Å². The Hall–Kier alpha value is -4.41. The van der Waals surface area contributed by atoms with Crippen LogP contribution in [0.3, 0.4) is 0 Å². The third-order valence-electron chi connectivity index (χ3n) is 5.50. The number of hydrazine groups is 1. The number of carbonyl (C=O) groups excluding carboxylic acids is 1. The van der Waals surface area contributed by atoms with E-state index in [4.69, 9.17) is 22.2 Å². The lowest BCUT2D eigenvalue weighted by atomic mass is 10.2. The summed E-state index contributed by atoms with van der Waals surface area (Å²) in [6.45, 7) is 3.48. The maximum Gasteiger partial charge on any atom is 0.354 e.